The van der Waals surface area contributed by atoms with Crippen molar-refractivity contribution in [2.75, 3.05) is 5.32 Å². The van der Waals surface area contributed by atoms with Crippen LogP contribution in [0.1, 0.15) is 11.1 Å². The van der Waals surface area contributed by atoms with E-state index in [4.69, 9.17) is 5.11 Å². The second kappa shape index (κ2) is 5.23. The fourth-order valence-corrected chi connectivity index (χ4v) is 1.74. The third-order valence-corrected chi connectivity index (χ3v) is 2.57. The number of hydrogen-bond acceptors (Lipinski definition) is 2. The average molecular weight is 243 g/mol. The summed E-state index contributed by atoms with van der Waals surface area (Å²) < 4.78 is 0. The Morgan fingerprint density at radius 3 is 2.50 bits per heavy atom. The van der Waals surface area contributed by atoms with Crippen LogP contribution >= 0.6 is 0 Å². The Labute approximate surface area is 105 Å². The van der Waals surface area contributed by atoms with E-state index in [0.29, 0.717) is 17.7 Å². The SMILES string of the molecule is O=C(O)Nc1ccc(O)c(Cc2ccccc2)c1. The van der Waals surface area contributed by atoms with E-state index in [1.54, 1.807) is 6.07 Å². The summed E-state index contributed by atoms with van der Waals surface area (Å²) in [5.41, 5.74) is 2.19. The van der Waals surface area contributed by atoms with Gasteiger partial charge < -0.3 is 10.2 Å². The molecule has 92 valence electrons. The number of phenols is 1. The molecule has 4 nitrogen and oxygen atoms in total. The zero-order chi connectivity index (χ0) is 13.0. The lowest BCUT2D eigenvalue weighted by molar-refractivity contribution is 0.209. The summed E-state index contributed by atoms with van der Waals surface area (Å²) in [6.07, 6.45) is -0.562. The molecule has 0 saturated heterocycles. The Morgan fingerprint density at radius 1 is 1.11 bits per heavy atom. The van der Waals surface area contributed by atoms with E-state index in [2.05, 4.69) is 5.32 Å². The first-order valence-electron chi connectivity index (χ1n) is 5.51. The van der Waals surface area contributed by atoms with Crippen LogP contribution in [0.25, 0.3) is 0 Å². The molecular formula is C14H13NO3. The molecule has 1 amide bonds. The van der Waals surface area contributed by atoms with Gasteiger partial charge >= 0.3 is 6.09 Å². The number of rotatable bonds is 3. The van der Waals surface area contributed by atoms with Gasteiger partial charge in [-0.05, 0) is 23.8 Å². The molecule has 18 heavy (non-hydrogen) atoms. The van der Waals surface area contributed by atoms with Gasteiger partial charge in [-0.1, -0.05) is 30.3 Å². The highest BCUT2D eigenvalue weighted by Crippen LogP contribution is 2.24. The van der Waals surface area contributed by atoms with Crippen LogP contribution < -0.4 is 5.32 Å². The van der Waals surface area contributed by atoms with Crippen LogP contribution in [0.5, 0.6) is 5.75 Å². The van der Waals surface area contributed by atoms with Gasteiger partial charge in [0.05, 0.1) is 0 Å². The van der Waals surface area contributed by atoms with Crippen LogP contribution in [0.2, 0.25) is 0 Å². The maximum Gasteiger partial charge on any atom is 0.409 e. The van der Waals surface area contributed by atoms with Crippen LogP contribution in [0.3, 0.4) is 0 Å². The van der Waals surface area contributed by atoms with Gasteiger partial charge in [-0.3, -0.25) is 5.32 Å². The molecule has 0 aliphatic heterocycles. The smallest absolute Gasteiger partial charge is 0.409 e. The first-order valence-corrected chi connectivity index (χ1v) is 5.51. The largest absolute Gasteiger partial charge is 0.508 e. The number of hydrogen-bond donors (Lipinski definition) is 3. The van der Waals surface area contributed by atoms with Crippen molar-refractivity contribution in [3.63, 3.8) is 0 Å². The van der Waals surface area contributed by atoms with Gasteiger partial charge in [-0.2, -0.15) is 0 Å². The van der Waals surface area contributed by atoms with Gasteiger partial charge in [0.1, 0.15) is 5.75 Å². The maximum atomic E-state index is 10.5. The molecule has 3 N–H and O–H groups in total. The van der Waals surface area contributed by atoms with Gasteiger partial charge in [0.25, 0.3) is 0 Å². The molecule has 0 atom stereocenters. The number of carboxylic acid groups (broad SMARTS) is 1. The Kier molecular flexibility index (Phi) is 3.48. The standard InChI is InChI=1S/C14H13NO3/c16-13-7-6-12(15-14(17)18)9-11(13)8-10-4-2-1-3-5-10/h1-7,9,15-16H,8H2,(H,17,18). The van der Waals surface area contributed by atoms with Crippen molar-refractivity contribution in [1.29, 1.82) is 0 Å². The summed E-state index contributed by atoms with van der Waals surface area (Å²) in [5.74, 6) is 0.162. The van der Waals surface area contributed by atoms with E-state index in [0.717, 1.165) is 5.56 Å². The summed E-state index contributed by atoms with van der Waals surface area (Å²) in [4.78, 5) is 10.5. The fraction of sp³-hybridized carbons (Fsp3) is 0.0714. The highest BCUT2D eigenvalue weighted by Gasteiger charge is 2.05. The molecule has 0 aromatic heterocycles. The molecule has 0 fully saturated rings. The molecule has 0 saturated carbocycles. The molecule has 2 rings (SSSR count). The molecule has 0 spiro atoms. The Hall–Kier alpha value is -2.49. The molecule has 0 unspecified atom stereocenters. The highest BCUT2D eigenvalue weighted by molar-refractivity contribution is 5.83. The molecule has 0 heterocycles. The number of anilines is 1. The first-order chi connectivity index (χ1) is 8.65. The second-order valence-electron chi connectivity index (χ2n) is 3.94. The quantitative estimate of drug-likeness (QED) is 0.725. The van der Waals surface area contributed by atoms with Crippen LogP contribution in [0.15, 0.2) is 48.5 Å². The zero-order valence-electron chi connectivity index (χ0n) is 9.63. The van der Waals surface area contributed by atoms with Gasteiger partial charge in [-0.15, -0.1) is 0 Å². The van der Waals surface area contributed by atoms with Crippen LogP contribution in [0, 0.1) is 0 Å². The Morgan fingerprint density at radius 2 is 1.83 bits per heavy atom. The minimum atomic E-state index is -1.12. The van der Waals surface area contributed by atoms with Crippen molar-refractivity contribution in [1.82, 2.24) is 0 Å². The highest BCUT2D eigenvalue weighted by atomic mass is 16.4. The second-order valence-corrected chi connectivity index (χ2v) is 3.94. The van der Waals surface area contributed by atoms with Gasteiger partial charge in [0.2, 0.25) is 0 Å². The molecule has 0 aliphatic rings. The van der Waals surface area contributed by atoms with E-state index in [1.165, 1.54) is 12.1 Å². The normalized spacial score (nSPS) is 10.0. The van der Waals surface area contributed by atoms with Crippen LogP contribution in [0.4, 0.5) is 10.5 Å². The predicted molar refractivity (Wildman–Crippen MR) is 69.0 cm³/mol. The minimum absolute atomic E-state index is 0.162. The Balaban J connectivity index is 2.24. The van der Waals surface area contributed by atoms with E-state index in [9.17, 15) is 9.90 Å². The van der Waals surface area contributed by atoms with Gasteiger partial charge in [0, 0.05) is 17.7 Å². The van der Waals surface area contributed by atoms with Gasteiger partial charge in [-0.25, -0.2) is 4.79 Å². The molecule has 2 aromatic rings. The van der Waals surface area contributed by atoms with E-state index in [-0.39, 0.29) is 5.75 Å². The van der Waals surface area contributed by atoms with E-state index >= 15 is 0 Å². The summed E-state index contributed by atoms with van der Waals surface area (Å²) >= 11 is 0. The summed E-state index contributed by atoms with van der Waals surface area (Å²) in [6.45, 7) is 0. The topological polar surface area (TPSA) is 69.6 Å². The number of aromatic hydroxyl groups is 1. The molecule has 0 bridgehead atoms. The fourth-order valence-electron chi connectivity index (χ4n) is 1.74. The van der Waals surface area contributed by atoms with Crippen molar-refractivity contribution in [3.8, 4) is 5.75 Å². The average Bonchev–Trinajstić information content (AvgIpc) is 2.34. The van der Waals surface area contributed by atoms with Crippen molar-refractivity contribution in [2.24, 2.45) is 0 Å². The molecule has 4 heteroatoms. The summed E-state index contributed by atoms with van der Waals surface area (Å²) in [6, 6.07) is 14.3. The molecule has 0 radical (unpaired) electrons. The first kappa shape index (κ1) is 12.0. The number of carbonyl (C=O) groups is 1. The van der Waals surface area contributed by atoms with Crippen molar-refractivity contribution < 1.29 is 15.0 Å². The Bertz CT molecular complexity index is 552. The number of benzene rings is 2. The van der Waals surface area contributed by atoms with Crippen LogP contribution in [-0.4, -0.2) is 16.3 Å². The third-order valence-electron chi connectivity index (χ3n) is 2.57. The molecule has 0 aliphatic carbocycles. The zero-order valence-corrected chi connectivity index (χ0v) is 9.63. The number of nitrogens with one attached hydrogen (secondary N) is 1. The minimum Gasteiger partial charge on any atom is -0.508 e. The monoisotopic (exact) mass is 243 g/mol. The maximum absolute atomic E-state index is 10.5. The lowest BCUT2D eigenvalue weighted by Crippen LogP contribution is -2.07. The summed E-state index contributed by atoms with van der Waals surface area (Å²) in [5, 5.41) is 20.7. The van der Waals surface area contributed by atoms with Crippen LogP contribution in [-0.2, 0) is 6.42 Å². The number of phenolic OH excluding ortho intramolecular Hbond substituents is 1. The lowest BCUT2D eigenvalue weighted by Gasteiger charge is -2.08. The number of amides is 1. The van der Waals surface area contributed by atoms with Crippen molar-refractivity contribution >= 4 is 11.8 Å². The third kappa shape index (κ3) is 3.01. The summed E-state index contributed by atoms with van der Waals surface area (Å²) in [7, 11) is 0. The van der Waals surface area contributed by atoms with E-state index < -0.39 is 6.09 Å². The molecular weight excluding hydrogens is 230 g/mol. The predicted octanol–water partition coefficient (Wildman–Crippen LogP) is 3.07. The van der Waals surface area contributed by atoms with Gasteiger partial charge in [0.15, 0.2) is 0 Å². The van der Waals surface area contributed by atoms with Crippen molar-refractivity contribution in [3.05, 3.63) is 59.7 Å². The molecule has 2 aromatic carbocycles. The van der Waals surface area contributed by atoms with E-state index in [1.807, 2.05) is 30.3 Å². The van der Waals surface area contributed by atoms with Crippen molar-refractivity contribution in [2.45, 2.75) is 6.42 Å². The lowest BCUT2D eigenvalue weighted by atomic mass is 10.0.